The van der Waals surface area contributed by atoms with Crippen LogP contribution < -0.4 is 4.90 Å². The Hall–Kier alpha value is -2.37. The Morgan fingerprint density at radius 1 is 1.22 bits per heavy atom. The molecule has 1 atom stereocenters. The van der Waals surface area contributed by atoms with Crippen LogP contribution in [0.15, 0.2) is 24.3 Å². The van der Waals surface area contributed by atoms with Gasteiger partial charge in [0.25, 0.3) is 5.91 Å². The van der Waals surface area contributed by atoms with Gasteiger partial charge in [-0.15, -0.1) is 0 Å². The number of urea groups is 1. The number of carboxylic acids is 1. The summed E-state index contributed by atoms with van der Waals surface area (Å²) in [5.41, 5.74) is 0.491. The molecule has 0 saturated carbocycles. The number of carbonyl (C=O) groups excluding carboxylic acids is 2. The van der Waals surface area contributed by atoms with Gasteiger partial charge < -0.3 is 10.0 Å². The highest BCUT2D eigenvalue weighted by atomic mass is 16.4. The summed E-state index contributed by atoms with van der Waals surface area (Å²) < 4.78 is 0. The summed E-state index contributed by atoms with van der Waals surface area (Å²) in [7, 11) is 1.55. The highest BCUT2D eigenvalue weighted by Gasteiger charge is 2.41. The number of carbonyl (C=O) groups is 3. The first-order valence-electron chi connectivity index (χ1n) is 5.37. The Balaban J connectivity index is 2.35. The van der Waals surface area contributed by atoms with Crippen LogP contribution in [0.4, 0.5) is 10.5 Å². The molecule has 18 heavy (non-hydrogen) atoms. The Morgan fingerprint density at radius 3 is 2.17 bits per heavy atom. The van der Waals surface area contributed by atoms with Crippen molar-refractivity contribution in [1.29, 1.82) is 0 Å². The van der Waals surface area contributed by atoms with Gasteiger partial charge in [-0.25, -0.2) is 14.5 Å². The molecule has 1 aliphatic heterocycles. The molecule has 6 nitrogen and oxygen atoms in total. The first kappa shape index (κ1) is 12.1. The third kappa shape index (κ3) is 1.71. The summed E-state index contributed by atoms with van der Waals surface area (Å²) >= 11 is 0. The largest absolute Gasteiger partial charge is 0.478 e. The summed E-state index contributed by atoms with van der Waals surface area (Å²) in [5, 5.41) is 8.77. The molecule has 1 aliphatic rings. The quantitative estimate of drug-likeness (QED) is 0.797. The predicted molar refractivity (Wildman–Crippen MR) is 63.5 cm³/mol. The van der Waals surface area contributed by atoms with E-state index in [0.717, 1.165) is 4.90 Å². The van der Waals surface area contributed by atoms with Gasteiger partial charge in [-0.2, -0.15) is 0 Å². The standard InChI is InChI=1S/C12H12N2O4/c1-7-10(15)14(12(18)13(7)2)9-5-3-8(4-6-9)11(16)17/h3-7H,1-2H3,(H,16,17). The number of hydrogen-bond acceptors (Lipinski definition) is 3. The number of carboxylic acid groups (broad SMARTS) is 1. The van der Waals surface area contributed by atoms with Crippen LogP contribution in [-0.2, 0) is 4.79 Å². The highest BCUT2D eigenvalue weighted by molar-refractivity contribution is 6.21. The zero-order valence-corrected chi connectivity index (χ0v) is 9.95. The van der Waals surface area contributed by atoms with Crippen molar-refractivity contribution in [2.24, 2.45) is 0 Å². The number of imide groups is 1. The molecule has 1 aromatic carbocycles. The van der Waals surface area contributed by atoms with E-state index in [1.807, 2.05) is 0 Å². The lowest BCUT2D eigenvalue weighted by molar-refractivity contribution is -0.119. The summed E-state index contributed by atoms with van der Waals surface area (Å²) in [6.45, 7) is 1.64. The highest BCUT2D eigenvalue weighted by Crippen LogP contribution is 2.24. The minimum absolute atomic E-state index is 0.110. The maximum atomic E-state index is 11.9. The SMILES string of the molecule is CC1C(=O)N(c2ccc(C(=O)O)cc2)C(=O)N1C. The number of hydrogen-bond donors (Lipinski definition) is 1. The van der Waals surface area contributed by atoms with Crippen LogP contribution in [0.1, 0.15) is 17.3 Å². The fourth-order valence-corrected chi connectivity index (χ4v) is 1.76. The van der Waals surface area contributed by atoms with Crippen molar-refractivity contribution in [1.82, 2.24) is 4.90 Å². The molecule has 1 fully saturated rings. The first-order chi connectivity index (χ1) is 8.43. The average molecular weight is 248 g/mol. The molecule has 1 heterocycles. The molecular formula is C12H12N2O4. The normalized spacial score (nSPS) is 19.6. The van der Waals surface area contributed by atoms with Gasteiger partial charge in [0, 0.05) is 7.05 Å². The van der Waals surface area contributed by atoms with E-state index in [1.54, 1.807) is 14.0 Å². The molecule has 6 heteroatoms. The van der Waals surface area contributed by atoms with Crippen LogP contribution in [-0.4, -0.2) is 41.0 Å². The van der Waals surface area contributed by atoms with Gasteiger partial charge in [-0.3, -0.25) is 4.79 Å². The second-order valence-corrected chi connectivity index (χ2v) is 4.10. The van der Waals surface area contributed by atoms with Gasteiger partial charge in [0.2, 0.25) is 0 Å². The van der Waals surface area contributed by atoms with E-state index < -0.39 is 18.0 Å². The molecule has 0 spiro atoms. The lowest BCUT2D eigenvalue weighted by atomic mass is 10.2. The van der Waals surface area contributed by atoms with Gasteiger partial charge in [0.1, 0.15) is 6.04 Å². The number of amides is 3. The number of aromatic carboxylic acids is 1. The molecular weight excluding hydrogens is 236 g/mol. The van der Waals surface area contributed by atoms with E-state index in [2.05, 4.69) is 0 Å². The van der Waals surface area contributed by atoms with Gasteiger partial charge in [0.15, 0.2) is 0 Å². The topological polar surface area (TPSA) is 77.9 Å². The predicted octanol–water partition coefficient (Wildman–Crippen LogP) is 1.17. The van der Waals surface area contributed by atoms with E-state index in [9.17, 15) is 14.4 Å². The van der Waals surface area contributed by atoms with Crippen molar-refractivity contribution in [3.8, 4) is 0 Å². The van der Waals surface area contributed by atoms with E-state index in [1.165, 1.54) is 29.2 Å². The average Bonchev–Trinajstić information content (AvgIpc) is 2.54. The lowest BCUT2D eigenvalue weighted by Gasteiger charge is -2.14. The summed E-state index contributed by atoms with van der Waals surface area (Å²) in [6, 6.07) is 4.71. The molecule has 2 rings (SSSR count). The second-order valence-electron chi connectivity index (χ2n) is 4.10. The molecule has 1 unspecified atom stereocenters. The second kappa shape index (κ2) is 4.14. The summed E-state index contributed by atoms with van der Waals surface area (Å²) in [6.07, 6.45) is 0. The maximum Gasteiger partial charge on any atom is 0.335 e. The number of anilines is 1. The third-order valence-corrected chi connectivity index (χ3v) is 3.02. The van der Waals surface area contributed by atoms with Crippen molar-refractivity contribution in [3.05, 3.63) is 29.8 Å². The van der Waals surface area contributed by atoms with E-state index >= 15 is 0 Å². The van der Waals surface area contributed by atoms with Crippen molar-refractivity contribution in [2.45, 2.75) is 13.0 Å². The van der Waals surface area contributed by atoms with Crippen molar-refractivity contribution < 1.29 is 19.5 Å². The molecule has 1 N–H and O–H groups in total. The fourth-order valence-electron chi connectivity index (χ4n) is 1.76. The minimum atomic E-state index is -1.05. The van der Waals surface area contributed by atoms with Gasteiger partial charge in [-0.05, 0) is 31.2 Å². The summed E-state index contributed by atoms with van der Waals surface area (Å²) in [5.74, 6) is -1.36. The van der Waals surface area contributed by atoms with Crippen LogP contribution >= 0.6 is 0 Å². The Bertz CT molecular complexity index is 503. The monoisotopic (exact) mass is 248 g/mol. The van der Waals surface area contributed by atoms with Crippen molar-refractivity contribution in [2.75, 3.05) is 11.9 Å². The minimum Gasteiger partial charge on any atom is -0.478 e. The van der Waals surface area contributed by atoms with E-state index in [4.69, 9.17) is 5.11 Å². The summed E-state index contributed by atoms with van der Waals surface area (Å²) in [4.78, 5) is 36.9. The molecule has 0 bridgehead atoms. The van der Waals surface area contributed by atoms with Crippen LogP contribution in [0.2, 0.25) is 0 Å². The number of rotatable bonds is 2. The third-order valence-electron chi connectivity index (χ3n) is 3.02. The van der Waals surface area contributed by atoms with E-state index in [-0.39, 0.29) is 11.5 Å². The Kier molecular flexibility index (Phi) is 2.78. The smallest absolute Gasteiger partial charge is 0.335 e. The molecule has 3 amide bonds. The molecule has 1 aromatic rings. The van der Waals surface area contributed by atoms with Crippen LogP contribution in [0, 0.1) is 0 Å². The molecule has 1 saturated heterocycles. The Labute approximate surface area is 103 Å². The first-order valence-corrected chi connectivity index (χ1v) is 5.37. The van der Waals surface area contributed by atoms with Gasteiger partial charge in [-0.1, -0.05) is 0 Å². The number of nitrogens with zero attached hydrogens (tertiary/aromatic N) is 2. The molecule has 94 valence electrons. The fraction of sp³-hybridized carbons (Fsp3) is 0.250. The lowest BCUT2D eigenvalue weighted by Crippen LogP contribution is -2.31. The molecule has 0 aliphatic carbocycles. The van der Waals surface area contributed by atoms with Crippen molar-refractivity contribution >= 4 is 23.6 Å². The van der Waals surface area contributed by atoms with Gasteiger partial charge in [0.05, 0.1) is 11.3 Å². The zero-order valence-electron chi connectivity index (χ0n) is 9.95. The van der Waals surface area contributed by atoms with Gasteiger partial charge >= 0.3 is 12.0 Å². The molecule has 0 radical (unpaired) electrons. The number of benzene rings is 1. The van der Waals surface area contributed by atoms with Crippen LogP contribution in [0.25, 0.3) is 0 Å². The molecule has 0 aromatic heterocycles. The van der Waals surface area contributed by atoms with E-state index in [0.29, 0.717) is 5.69 Å². The van der Waals surface area contributed by atoms with Crippen molar-refractivity contribution in [3.63, 3.8) is 0 Å². The van der Waals surface area contributed by atoms with Crippen LogP contribution in [0.3, 0.4) is 0 Å². The maximum absolute atomic E-state index is 11.9. The van der Waals surface area contributed by atoms with Crippen LogP contribution in [0.5, 0.6) is 0 Å². The Morgan fingerprint density at radius 2 is 1.78 bits per heavy atom. The number of likely N-dealkylation sites (N-methyl/N-ethyl adjacent to an activating group) is 1. The zero-order chi connectivity index (χ0) is 13.4.